The lowest BCUT2D eigenvalue weighted by molar-refractivity contribution is 0.0938. The van der Waals surface area contributed by atoms with Gasteiger partial charge >= 0.3 is 0 Å². The predicted molar refractivity (Wildman–Crippen MR) is 82.7 cm³/mol. The van der Waals surface area contributed by atoms with E-state index in [4.69, 9.17) is 0 Å². The number of hydrogen-bond donors (Lipinski definition) is 3. The van der Waals surface area contributed by atoms with Gasteiger partial charge in [-0.05, 0) is 19.4 Å². The minimum absolute atomic E-state index is 0.253. The molecule has 9 heteroatoms. The summed E-state index contributed by atoms with van der Waals surface area (Å²) in [6, 6.07) is 1.35. The topological polar surface area (TPSA) is 125 Å². The molecular weight excluding hydrogens is 296 g/mol. The van der Waals surface area contributed by atoms with Gasteiger partial charge in [0, 0.05) is 12.1 Å². The zero-order valence-corrected chi connectivity index (χ0v) is 13.2. The second-order valence-corrected chi connectivity index (χ2v) is 5.47. The Labute approximate surface area is 132 Å². The van der Waals surface area contributed by atoms with Crippen molar-refractivity contribution in [2.75, 3.05) is 0 Å². The molecule has 3 aromatic heterocycles. The number of carbonyl (C=O) groups is 1. The Morgan fingerprint density at radius 3 is 2.91 bits per heavy atom. The molecule has 0 aliphatic heterocycles. The summed E-state index contributed by atoms with van der Waals surface area (Å²) in [4.78, 5) is 20.8. The highest BCUT2D eigenvalue weighted by molar-refractivity contribution is 5.96. The van der Waals surface area contributed by atoms with Crippen LogP contribution in [0.5, 0.6) is 0 Å². The molecule has 0 fully saturated rings. The fraction of sp³-hybridized carbons (Fsp3) is 0.429. The molecule has 2 unspecified atom stereocenters. The van der Waals surface area contributed by atoms with Gasteiger partial charge in [0.1, 0.15) is 11.3 Å². The van der Waals surface area contributed by atoms with Crippen LogP contribution in [-0.4, -0.2) is 41.5 Å². The van der Waals surface area contributed by atoms with E-state index in [0.29, 0.717) is 22.6 Å². The number of carbonyl (C=O) groups excluding carboxylic acids is 1. The lowest BCUT2D eigenvalue weighted by Crippen LogP contribution is -2.27. The molecule has 0 aliphatic carbocycles. The molecule has 3 N–H and O–H groups in total. The number of nitrogens with zero attached hydrogens (tertiary/aromatic N) is 5. The number of hydrogen-bond acceptors (Lipinski definition) is 6. The summed E-state index contributed by atoms with van der Waals surface area (Å²) >= 11 is 0. The largest absolute Gasteiger partial charge is 0.342 e. The maximum atomic E-state index is 12.3. The van der Waals surface area contributed by atoms with Crippen LogP contribution < -0.4 is 5.32 Å². The zero-order valence-electron chi connectivity index (χ0n) is 13.2. The number of rotatable bonds is 5. The van der Waals surface area contributed by atoms with Crippen LogP contribution in [0.25, 0.3) is 11.2 Å². The molecule has 23 heavy (non-hydrogen) atoms. The second-order valence-electron chi connectivity index (χ2n) is 5.47. The third kappa shape index (κ3) is 3.03. The molecule has 0 saturated heterocycles. The van der Waals surface area contributed by atoms with Crippen LogP contribution in [-0.2, 0) is 0 Å². The van der Waals surface area contributed by atoms with E-state index in [1.807, 2.05) is 6.92 Å². The van der Waals surface area contributed by atoms with Gasteiger partial charge < -0.3 is 5.32 Å². The normalized spacial score (nSPS) is 13.9. The molecule has 0 spiro atoms. The Morgan fingerprint density at radius 2 is 2.13 bits per heavy atom. The number of pyridine rings is 1. The Bertz CT molecular complexity index is 823. The van der Waals surface area contributed by atoms with Crippen molar-refractivity contribution in [1.82, 2.24) is 40.9 Å². The Balaban J connectivity index is 1.72. The molecule has 120 valence electrons. The predicted octanol–water partition coefficient (Wildman–Crippen LogP) is 1.48. The highest BCUT2D eigenvalue weighted by atomic mass is 16.1. The van der Waals surface area contributed by atoms with E-state index < -0.39 is 0 Å². The molecule has 0 radical (unpaired) electrons. The van der Waals surface area contributed by atoms with Crippen molar-refractivity contribution in [3.63, 3.8) is 0 Å². The fourth-order valence-corrected chi connectivity index (χ4v) is 2.10. The van der Waals surface area contributed by atoms with Gasteiger partial charge in [0.25, 0.3) is 5.91 Å². The number of H-pyrrole nitrogens is 2. The van der Waals surface area contributed by atoms with Crippen molar-refractivity contribution in [1.29, 1.82) is 0 Å². The smallest absolute Gasteiger partial charge is 0.253 e. The highest BCUT2D eigenvalue weighted by Gasteiger charge is 2.17. The quantitative estimate of drug-likeness (QED) is 0.655. The minimum atomic E-state index is -0.291. The molecule has 3 heterocycles. The van der Waals surface area contributed by atoms with Crippen molar-refractivity contribution >= 4 is 17.1 Å². The van der Waals surface area contributed by atoms with Crippen molar-refractivity contribution < 1.29 is 4.79 Å². The van der Waals surface area contributed by atoms with Gasteiger partial charge in [0.05, 0.1) is 11.6 Å². The summed E-state index contributed by atoms with van der Waals surface area (Å²) < 4.78 is 0. The summed E-state index contributed by atoms with van der Waals surface area (Å²) in [5.74, 6) is 1.41. The molecule has 3 aromatic rings. The molecule has 3 rings (SSSR count). The van der Waals surface area contributed by atoms with E-state index in [0.717, 1.165) is 12.2 Å². The Morgan fingerprint density at radius 1 is 1.30 bits per heavy atom. The first kappa shape index (κ1) is 15.1. The molecule has 9 nitrogen and oxygen atoms in total. The van der Waals surface area contributed by atoms with Gasteiger partial charge in [-0.25, -0.2) is 9.97 Å². The van der Waals surface area contributed by atoms with Crippen LogP contribution in [0.1, 0.15) is 61.2 Å². The maximum Gasteiger partial charge on any atom is 0.253 e. The summed E-state index contributed by atoms with van der Waals surface area (Å²) in [5, 5.41) is 20.2. The van der Waals surface area contributed by atoms with Gasteiger partial charge in [-0.15, -0.1) is 5.10 Å². The van der Waals surface area contributed by atoms with Crippen LogP contribution in [0.3, 0.4) is 0 Å². The lowest BCUT2D eigenvalue weighted by atomic mass is 10.1. The van der Waals surface area contributed by atoms with E-state index in [-0.39, 0.29) is 17.9 Å². The number of aromatic amines is 2. The summed E-state index contributed by atoms with van der Waals surface area (Å²) in [6.07, 6.45) is 2.43. The van der Waals surface area contributed by atoms with Crippen LogP contribution in [0.15, 0.2) is 12.3 Å². The van der Waals surface area contributed by atoms with Gasteiger partial charge in [0.2, 0.25) is 5.65 Å². The summed E-state index contributed by atoms with van der Waals surface area (Å²) in [6.45, 7) is 5.99. The van der Waals surface area contributed by atoms with Gasteiger partial charge in [-0.1, -0.05) is 13.8 Å². The second kappa shape index (κ2) is 6.11. The Kier molecular flexibility index (Phi) is 4.00. The van der Waals surface area contributed by atoms with Crippen LogP contribution in [0.4, 0.5) is 0 Å². The zero-order chi connectivity index (χ0) is 16.4. The molecule has 0 bridgehead atoms. The molecular formula is C14H18N8O. The standard InChI is InChI=1S/C14H18N8O/c1-4-7(2)11-17-12(20-19-11)8(3)16-14(23)9-5-10-13(15-6-9)21-22-18-10/h5-8H,4H2,1-3H3,(H,16,23)(H,17,19,20)(H,15,18,21,22). The van der Waals surface area contributed by atoms with Gasteiger partial charge in [-0.3, -0.25) is 9.89 Å². The average molecular weight is 314 g/mol. The fourth-order valence-electron chi connectivity index (χ4n) is 2.10. The van der Waals surface area contributed by atoms with E-state index in [1.54, 1.807) is 6.07 Å². The first-order chi connectivity index (χ1) is 11.1. The van der Waals surface area contributed by atoms with E-state index in [9.17, 15) is 4.79 Å². The van der Waals surface area contributed by atoms with Crippen molar-refractivity contribution in [2.24, 2.45) is 0 Å². The van der Waals surface area contributed by atoms with Crippen molar-refractivity contribution in [3.05, 3.63) is 29.5 Å². The molecule has 0 saturated carbocycles. The minimum Gasteiger partial charge on any atom is -0.342 e. The van der Waals surface area contributed by atoms with E-state index in [1.165, 1.54) is 6.20 Å². The van der Waals surface area contributed by atoms with Crippen LogP contribution >= 0.6 is 0 Å². The lowest BCUT2D eigenvalue weighted by Gasteiger charge is -2.10. The number of fused-ring (bicyclic) bond motifs is 1. The number of amides is 1. The SMILES string of the molecule is CCC(C)c1n[nH]c(C(C)NC(=O)c2cnc3n[nH]nc3c2)n1. The van der Waals surface area contributed by atoms with Crippen LogP contribution in [0.2, 0.25) is 0 Å². The number of nitrogens with one attached hydrogen (secondary N) is 3. The molecule has 0 aromatic carbocycles. The molecule has 1 amide bonds. The van der Waals surface area contributed by atoms with Crippen molar-refractivity contribution in [3.8, 4) is 0 Å². The van der Waals surface area contributed by atoms with E-state index >= 15 is 0 Å². The summed E-state index contributed by atoms with van der Waals surface area (Å²) in [5.41, 5.74) is 1.44. The number of aromatic nitrogens is 7. The van der Waals surface area contributed by atoms with E-state index in [2.05, 4.69) is 54.7 Å². The van der Waals surface area contributed by atoms with Gasteiger partial charge in [0.15, 0.2) is 5.82 Å². The third-order valence-corrected chi connectivity index (χ3v) is 3.77. The van der Waals surface area contributed by atoms with Gasteiger partial charge in [-0.2, -0.15) is 15.4 Å². The highest BCUT2D eigenvalue weighted by Crippen LogP contribution is 2.16. The third-order valence-electron chi connectivity index (χ3n) is 3.77. The Hall–Kier alpha value is -2.84. The molecule has 0 aliphatic rings. The average Bonchev–Trinajstić information content (AvgIpc) is 3.22. The first-order valence-electron chi connectivity index (χ1n) is 7.48. The monoisotopic (exact) mass is 314 g/mol. The van der Waals surface area contributed by atoms with Crippen LogP contribution in [0, 0.1) is 0 Å². The summed E-state index contributed by atoms with van der Waals surface area (Å²) in [7, 11) is 0. The van der Waals surface area contributed by atoms with Crippen molar-refractivity contribution in [2.45, 2.75) is 39.2 Å². The first-order valence-corrected chi connectivity index (χ1v) is 7.48. The molecule has 2 atom stereocenters. The maximum absolute atomic E-state index is 12.3.